The van der Waals surface area contributed by atoms with Crippen LogP contribution in [0.15, 0.2) is 71.5 Å². The number of hydrogen-bond acceptors (Lipinski definition) is 3. The average Bonchev–Trinajstić information content (AvgIpc) is 2.59. The molecule has 0 heterocycles. The molecule has 22 heavy (non-hydrogen) atoms. The highest BCUT2D eigenvalue weighted by Crippen LogP contribution is 2.23. The van der Waals surface area contributed by atoms with Crippen LogP contribution in [0.25, 0.3) is 12.2 Å². The third kappa shape index (κ3) is 5.41. The van der Waals surface area contributed by atoms with Gasteiger partial charge in [0.25, 0.3) is 0 Å². The first kappa shape index (κ1) is 16.9. The van der Waals surface area contributed by atoms with Gasteiger partial charge in [-0.3, -0.25) is 0 Å². The van der Waals surface area contributed by atoms with E-state index in [4.69, 9.17) is 0 Å². The zero-order valence-corrected chi connectivity index (χ0v) is 14.1. The van der Waals surface area contributed by atoms with Crippen LogP contribution in [0.1, 0.15) is 11.1 Å². The quantitative estimate of drug-likeness (QED) is 0.671. The van der Waals surface area contributed by atoms with E-state index < -0.39 is 0 Å². The van der Waals surface area contributed by atoms with Gasteiger partial charge in [-0.25, -0.2) is 0 Å². The van der Waals surface area contributed by atoms with Crippen LogP contribution >= 0.6 is 23.5 Å². The van der Waals surface area contributed by atoms with Gasteiger partial charge in [0.1, 0.15) is 0 Å². The molecule has 0 unspecified atom stereocenters. The van der Waals surface area contributed by atoms with E-state index >= 15 is 0 Å². The maximum Gasteiger partial charge on any atom is 0.0727 e. The van der Waals surface area contributed by atoms with Gasteiger partial charge in [-0.15, -0.1) is 23.5 Å². The van der Waals surface area contributed by atoms with Gasteiger partial charge >= 0.3 is 0 Å². The molecule has 0 aliphatic rings. The van der Waals surface area contributed by atoms with Crippen molar-refractivity contribution < 1.29 is 5.11 Å². The van der Waals surface area contributed by atoms with Gasteiger partial charge in [0, 0.05) is 21.3 Å². The Morgan fingerprint density at radius 1 is 0.773 bits per heavy atom. The molecule has 2 aromatic carbocycles. The van der Waals surface area contributed by atoms with E-state index in [1.807, 2.05) is 36.4 Å². The van der Waals surface area contributed by atoms with E-state index in [2.05, 4.69) is 37.4 Å². The van der Waals surface area contributed by atoms with E-state index in [0.29, 0.717) is 11.5 Å². The fourth-order valence-electron chi connectivity index (χ4n) is 1.83. The highest BCUT2D eigenvalue weighted by molar-refractivity contribution is 8.00. The first-order valence-electron chi connectivity index (χ1n) is 7.10. The second-order valence-corrected chi connectivity index (χ2v) is 7.01. The van der Waals surface area contributed by atoms with Crippen LogP contribution in [-0.4, -0.2) is 22.7 Å². The maximum absolute atomic E-state index is 10.1. The monoisotopic (exact) mass is 328 g/mol. The average molecular weight is 329 g/mol. The Hall–Kier alpha value is -1.42. The van der Waals surface area contributed by atoms with E-state index in [1.54, 1.807) is 23.5 Å². The summed E-state index contributed by atoms with van der Waals surface area (Å²) in [5, 5.41) is 10.1. The van der Waals surface area contributed by atoms with Crippen molar-refractivity contribution in [2.24, 2.45) is 0 Å². The standard InChI is InChI=1S/C19H20OS2/c1-3-15-5-9-18(10-6-15)21-13-17(20)14-22-19-11-7-16(4-2)8-12-19/h3-12,17,20H,1-2,13-14H2. The summed E-state index contributed by atoms with van der Waals surface area (Å²) in [6, 6.07) is 16.4. The van der Waals surface area contributed by atoms with Crippen LogP contribution in [0.4, 0.5) is 0 Å². The largest absolute Gasteiger partial charge is 0.391 e. The van der Waals surface area contributed by atoms with E-state index in [9.17, 15) is 5.11 Å². The molecule has 2 rings (SSSR count). The third-order valence-corrected chi connectivity index (χ3v) is 5.43. The van der Waals surface area contributed by atoms with Crippen LogP contribution in [-0.2, 0) is 0 Å². The summed E-state index contributed by atoms with van der Waals surface area (Å²) in [6.07, 6.45) is 3.34. The lowest BCUT2D eigenvalue weighted by Crippen LogP contribution is -2.12. The number of aliphatic hydroxyl groups excluding tert-OH is 1. The summed E-state index contributed by atoms with van der Waals surface area (Å²) in [5.74, 6) is 1.40. The minimum Gasteiger partial charge on any atom is -0.391 e. The van der Waals surface area contributed by atoms with Crippen molar-refractivity contribution in [1.82, 2.24) is 0 Å². The molecule has 1 N–H and O–H groups in total. The summed E-state index contributed by atoms with van der Waals surface area (Å²) in [7, 11) is 0. The lowest BCUT2D eigenvalue weighted by atomic mass is 10.2. The molecule has 0 fully saturated rings. The molecule has 1 nitrogen and oxygen atoms in total. The predicted molar refractivity (Wildman–Crippen MR) is 101 cm³/mol. The first-order valence-corrected chi connectivity index (χ1v) is 9.07. The molecular weight excluding hydrogens is 308 g/mol. The fourth-order valence-corrected chi connectivity index (χ4v) is 3.64. The molecule has 0 radical (unpaired) electrons. The van der Waals surface area contributed by atoms with Crippen molar-refractivity contribution in [2.75, 3.05) is 11.5 Å². The van der Waals surface area contributed by atoms with Gasteiger partial charge < -0.3 is 5.11 Å². The Labute approximate surface area is 141 Å². The number of hydrogen-bond donors (Lipinski definition) is 1. The number of benzene rings is 2. The number of aliphatic hydroxyl groups is 1. The maximum atomic E-state index is 10.1. The molecule has 0 aromatic heterocycles. The van der Waals surface area contributed by atoms with Crippen molar-refractivity contribution >= 4 is 35.7 Å². The molecule has 0 aliphatic heterocycles. The Balaban J connectivity index is 1.75. The lowest BCUT2D eigenvalue weighted by Gasteiger charge is -2.10. The van der Waals surface area contributed by atoms with Gasteiger partial charge in [-0.1, -0.05) is 49.6 Å². The minimum absolute atomic E-state index is 0.326. The highest BCUT2D eigenvalue weighted by Gasteiger charge is 2.06. The summed E-state index contributed by atoms with van der Waals surface area (Å²) >= 11 is 3.36. The topological polar surface area (TPSA) is 20.2 Å². The van der Waals surface area contributed by atoms with Crippen LogP contribution in [0.2, 0.25) is 0 Å². The molecule has 0 spiro atoms. The van der Waals surface area contributed by atoms with Crippen LogP contribution < -0.4 is 0 Å². The molecule has 0 aliphatic carbocycles. The van der Waals surface area contributed by atoms with Crippen molar-refractivity contribution in [3.05, 3.63) is 72.8 Å². The van der Waals surface area contributed by atoms with Crippen molar-refractivity contribution in [2.45, 2.75) is 15.9 Å². The van der Waals surface area contributed by atoms with E-state index in [0.717, 1.165) is 11.1 Å². The SMILES string of the molecule is C=Cc1ccc(SCC(O)CSc2ccc(C=C)cc2)cc1. The second kappa shape index (κ2) is 8.89. The Kier molecular flexibility index (Phi) is 6.84. The van der Waals surface area contributed by atoms with Crippen molar-refractivity contribution in [1.29, 1.82) is 0 Å². The molecule has 114 valence electrons. The summed E-state index contributed by atoms with van der Waals surface area (Å²) in [5.41, 5.74) is 2.23. The Bertz CT molecular complexity index is 547. The molecule has 0 saturated carbocycles. The van der Waals surface area contributed by atoms with Crippen molar-refractivity contribution in [3.63, 3.8) is 0 Å². The fraction of sp³-hybridized carbons (Fsp3) is 0.158. The number of rotatable bonds is 8. The van der Waals surface area contributed by atoms with Crippen LogP contribution in [0.5, 0.6) is 0 Å². The predicted octanol–water partition coefficient (Wildman–Crippen LogP) is 5.22. The van der Waals surface area contributed by atoms with E-state index in [1.165, 1.54) is 9.79 Å². The summed E-state index contributed by atoms with van der Waals surface area (Å²) in [4.78, 5) is 2.34. The van der Waals surface area contributed by atoms with Gasteiger partial charge in [-0.2, -0.15) is 0 Å². The normalized spacial score (nSPS) is 10.6. The van der Waals surface area contributed by atoms with E-state index in [-0.39, 0.29) is 6.10 Å². The Morgan fingerprint density at radius 3 is 1.45 bits per heavy atom. The zero-order valence-electron chi connectivity index (χ0n) is 12.4. The van der Waals surface area contributed by atoms with Crippen LogP contribution in [0, 0.1) is 0 Å². The minimum atomic E-state index is -0.326. The zero-order chi connectivity index (χ0) is 15.8. The van der Waals surface area contributed by atoms with Gasteiger partial charge in [-0.05, 0) is 35.4 Å². The van der Waals surface area contributed by atoms with Gasteiger partial charge in [0.05, 0.1) is 6.10 Å². The first-order chi connectivity index (χ1) is 10.7. The Morgan fingerprint density at radius 2 is 1.14 bits per heavy atom. The molecule has 0 atom stereocenters. The van der Waals surface area contributed by atoms with Crippen LogP contribution in [0.3, 0.4) is 0 Å². The summed E-state index contributed by atoms with van der Waals surface area (Å²) in [6.45, 7) is 7.49. The second-order valence-electron chi connectivity index (χ2n) is 4.82. The molecule has 2 aromatic rings. The molecule has 3 heteroatoms. The van der Waals surface area contributed by atoms with Crippen molar-refractivity contribution in [3.8, 4) is 0 Å². The molecule has 0 amide bonds. The van der Waals surface area contributed by atoms with Gasteiger partial charge in [0.2, 0.25) is 0 Å². The molecule has 0 bridgehead atoms. The lowest BCUT2D eigenvalue weighted by molar-refractivity contribution is 0.225. The third-order valence-electron chi connectivity index (χ3n) is 3.12. The van der Waals surface area contributed by atoms with Gasteiger partial charge in [0.15, 0.2) is 0 Å². The summed E-state index contributed by atoms with van der Waals surface area (Å²) < 4.78 is 0. The molecular formula is C19H20OS2. The smallest absolute Gasteiger partial charge is 0.0727 e. The highest BCUT2D eigenvalue weighted by atomic mass is 32.2. The molecule has 0 saturated heterocycles. The number of thioether (sulfide) groups is 2.